The number of carbonyl (C=O) groups is 3. The second-order valence-corrected chi connectivity index (χ2v) is 10.9. The van der Waals surface area contributed by atoms with Gasteiger partial charge in [0.2, 0.25) is 6.79 Å². The maximum atomic E-state index is 12.6. The lowest BCUT2D eigenvalue weighted by atomic mass is 10.1. The van der Waals surface area contributed by atoms with Crippen molar-refractivity contribution in [2.75, 3.05) is 25.3 Å². The highest BCUT2D eigenvalue weighted by Gasteiger charge is 2.69. The fraction of sp³-hybridized carbons (Fsp3) is 0.435. The van der Waals surface area contributed by atoms with Gasteiger partial charge in [-0.3, -0.25) is 9.59 Å². The van der Waals surface area contributed by atoms with Crippen LogP contribution in [0.2, 0.25) is 0 Å². The fourth-order valence-electron chi connectivity index (χ4n) is 3.58. The van der Waals surface area contributed by atoms with Crippen molar-refractivity contribution in [3.8, 4) is 11.5 Å². The number of anilines is 1. The van der Waals surface area contributed by atoms with Gasteiger partial charge in [-0.05, 0) is 44.0 Å². The number of benzene rings is 1. The van der Waals surface area contributed by atoms with Crippen LogP contribution in [0.3, 0.4) is 0 Å². The molecule has 1 aliphatic carbocycles. The van der Waals surface area contributed by atoms with Gasteiger partial charge in [-0.15, -0.1) is 34.5 Å². The van der Waals surface area contributed by atoms with Crippen LogP contribution in [-0.4, -0.2) is 42.2 Å². The molecule has 8 nitrogen and oxygen atoms in total. The molecule has 1 aromatic heterocycles. The Bertz CT molecular complexity index is 1160. The van der Waals surface area contributed by atoms with Crippen LogP contribution >= 0.6 is 34.5 Å². The SMILES string of the molecule is CCOC(=O)c1c(NC(=O)COC(=O)[C@@]2(C)CC2(Cl)Cl)sc(Cc2ccc3c(c2)OCO3)c1C. The summed E-state index contributed by atoms with van der Waals surface area (Å²) >= 11 is 13.2. The van der Waals surface area contributed by atoms with Crippen LogP contribution in [0.5, 0.6) is 11.5 Å². The van der Waals surface area contributed by atoms with Crippen molar-refractivity contribution in [1.29, 1.82) is 0 Å². The molecule has 34 heavy (non-hydrogen) atoms. The molecule has 182 valence electrons. The Morgan fingerprint density at radius 2 is 1.88 bits per heavy atom. The monoisotopic (exact) mass is 527 g/mol. The predicted molar refractivity (Wildman–Crippen MR) is 127 cm³/mol. The van der Waals surface area contributed by atoms with Crippen LogP contribution in [0.1, 0.15) is 46.6 Å². The Labute approximate surface area is 210 Å². The first-order chi connectivity index (χ1) is 16.1. The number of hydrogen-bond acceptors (Lipinski definition) is 8. The van der Waals surface area contributed by atoms with Crippen molar-refractivity contribution >= 4 is 57.4 Å². The number of hydrogen-bond donors (Lipinski definition) is 1. The molecular weight excluding hydrogens is 505 g/mol. The Kier molecular flexibility index (Phi) is 6.72. The molecule has 0 saturated heterocycles. The van der Waals surface area contributed by atoms with E-state index in [1.807, 2.05) is 18.2 Å². The molecule has 11 heteroatoms. The van der Waals surface area contributed by atoms with E-state index in [9.17, 15) is 14.4 Å². The van der Waals surface area contributed by atoms with Crippen LogP contribution in [-0.2, 0) is 25.5 Å². The smallest absolute Gasteiger partial charge is 0.341 e. The molecule has 2 heterocycles. The number of alkyl halides is 2. The van der Waals surface area contributed by atoms with Gasteiger partial charge in [0.1, 0.15) is 14.7 Å². The second kappa shape index (κ2) is 9.28. The van der Waals surface area contributed by atoms with Gasteiger partial charge in [0.25, 0.3) is 5.91 Å². The molecule has 0 radical (unpaired) electrons. The summed E-state index contributed by atoms with van der Waals surface area (Å²) in [6.07, 6.45) is 0.764. The van der Waals surface area contributed by atoms with Crippen LogP contribution in [0.15, 0.2) is 18.2 Å². The molecule has 1 N–H and O–H groups in total. The maximum absolute atomic E-state index is 12.6. The minimum atomic E-state index is -1.19. The lowest BCUT2D eigenvalue weighted by Gasteiger charge is -2.12. The van der Waals surface area contributed by atoms with Gasteiger partial charge in [0.15, 0.2) is 18.1 Å². The number of nitrogens with one attached hydrogen (secondary N) is 1. The lowest BCUT2D eigenvalue weighted by molar-refractivity contribution is -0.152. The minimum Gasteiger partial charge on any atom is -0.462 e. The highest BCUT2D eigenvalue weighted by molar-refractivity contribution is 7.17. The van der Waals surface area contributed by atoms with E-state index in [2.05, 4.69) is 5.32 Å². The molecule has 0 spiro atoms. The molecule has 0 unspecified atom stereocenters. The first kappa shape index (κ1) is 24.6. The molecule has 0 bridgehead atoms. The molecule has 2 aliphatic rings. The zero-order chi connectivity index (χ0) is 24.7. The third-order valence-corrected chi connectivity index (χ3v) is 8.13. The summed E-state index contributed by atoms with van der Waals surface area (Å²) in [5.74, 6) is -0.435. The first-order valence-corrected chi connectivity index (χ1v) is 12.2. The summed E-state index contributed by atoms with van der Waals surface area (Å²) in [5.41, 5.74) is 0.896. The van der Waals surface area contributed by atoms with Gasteiger partial charge in [-0.2, -0.15) is 0 Å². The van der Waals surface area contributed by atoms with E-state index in [-0.39, 0.29) is 25.4 Å². The zero-order valence-corrected chi connectivity index (χ0v) is 21.1. The number of rotatable bonds is 8. The number of thiophene rings is 1. The Morgan fingerprint density at radius 1 is 1.18 bits per heavy atom. The standard InChI is InChI=1S/C23H23Cl2NO7S/c1-4-30-20(28)18-12(2)16(8-13-5-6-14-15(7-13)33-11-32-14)34-19(18)26-17(27)9-31-21(29)22(3)10-23(22,24)25/h5-7H,4,8-11H2,1-3H3,(H,26,27)/t22-/m1/s1. The summed E-state index contributed by atoms with van der Waals surface area (Å²) in [7, 11) is 0. The number of ether oxygens (including phenoxy) is 4. The largest absolute Gasteiger partial charge is 0.462 e. The normalized spacial score (nSPS) is 19.4. The van der Waals surface area contributed by atoms with Crippen LogP contribution in [0.25, 0.3) is 0 Å². The summed E-state index contributed by atoms with van der Waals surface area (Å²) in [4.78, 5) is 38.3. The minimum absolute atomic E-state index is 0.181. The van der Waals surface area contributed by atoms with Crippen LogP contribution in [0, 0.1) is 12.3 Å². The molecular formula is C23H23Cl2NO7S. The number of fused-ring (bicyclic) bond motifs is 1. The topological polar surface area (TPSA) is 100 Å². The van der Waals surface area contributed by atoms with E-state index in [1.54, 1.807) is 20.8 Å². The molecule has 1 aromatic carbocycles. The summed E-state index contributed by atoms with van der Waals surface area (Å²) in [6, 6.07) is 5.64. The van der Waals surface area contributed by atoms with E-state index in [0.717, 1.165) is 10.4 Å². The van der Waals surface area contributed by atoms with Gasteiger partial charge >= 0.3 is 11.9 Å². The highest BCUT2D eigenvalue weighted by atomic mass is 35.5. The number of esters is 2. The third-order valence-electron chi connectivity index (χ3n) is 5.82. The van der Waals surface area contributed by atoms with Crippen LogP contribution in [0.4, 0.5) is 5.00 Å². The molecule has 1 saturated carbocycles. The Morgan fingerprint density at radius 3 is 2.56 bits per heavy atom. The zero-order valence-electron chi connectivity index (χ0n) is 18.8. The Hall–Kier alpha value is -2.49. The average Bonchev–Trinajstić information content (AvgIpc) is 3.09. The van der Waals surface area contributed by atoms with E-state index in [0.29, 0.717) is 28.5 Å². The predicted octanol–water partition coefficient (Wildman–Crippen LogP) is 4.62. The maximum Gasteiger partial charge on any atom is 0.341 e. The number of carbonyl (C=O) groups excluding carboxylic acids is 3. The van der Waals surface area contributed by atoms with Crippen molar-refractivity contribution in [1.82, 2.24) is 0 Å². The van der Waals surface area contributed by atoms with E-state index in [1.165, 1.54) is 11.3 Å². The lowest BCUT2D eigenvalue weighted by Crippen LogP contribution is -2.27. The fourth-order valence-corrected chi connectivity index (χ4v) is 5.51. The molecule has 1 atom stereocenters. The van der Waals surface area contributed by atoms with E-state index < -0.39 is 34.2 Å². The molecule has 4 rings (SSSR count). The van der Waals surface area contributed by atoms with Gasteiger partial charge in [-0.1, -0.05) is 6.07 Å². The van der Waals surface area contributed by atoms with Gasteiger partial charge in [-0.25, -0.2) is 4.79 Å². The van der Waals surface area contributed by atoms with Crippen molar-refractivity contribution in [3.05, 3.63) is 39.8 Å². The molecule has 1 fully saturated rings. The van der Waals surface area contributed by atoms with Crippen molar-refractivity contribution in [2.45, 2.75) is 37.9 Å². The quantitative estimate of drug-likeness (QED) is 0.394. The number of amides is 1. The summed E-state index contributed by atoms with van der Waals surface area (Å²) in [5, 5.41) is 3.01. The van der Waals surface area contributed by atoms with Crippen molar-refractivity contribution in [3.63, 3.8) is 0 Å². The van der Waals surface area contributed by atoms with E-state index in [4.69, 9.17) is 42.1 Å². The van der Waals surface area contributed by atoms with E-state index >= 15 is 0 Å². The van der Waals surface area contributed by atoms with Gasteiger partial charge in [0.05, 0.1) is 12.2 Å². The van der Waals surface area contributed by atoms with Crippen molar-refractivity contribution < 1.29 is 33.3 Å². The van der Waals surface area contributed by atoms with Gasteiger partial charge in [0, 0.05) is 17.7 Å². The number of halogens is 2. The molecule has 1 aliphatic heterocycles. The van der Waals surface area contributed by atoms with Crippen molar-refractivity contribution in [2.24, 2.45) is 5.41 Å². The molecule has 2 aromatic rings. The highest BCUT2D eigenvalue weighted by Crippen LogP contribution is 2.64. The summed E-state index contributed by atoms with van der Waals surface area (Å²) in [6.45, 7) is 4.92. The summed E-state index contributed by atoms with van der Waals surface area (Å²) < 4.78 is 19.9. The molecule has 1 amide bonds. The Balaban J connectivity index is 1.49. The average molecular weight is 528 g/mol. The van der Waals surface area contributed by atoms with Crippen LogP contribution < -0.4 is 14.8 Å². The first-order valence-electron chi connectivity index (χ1n) is 10.6. The second-order valence-electron chi connectivity index (χ2n) is 8.28. The third kappa shape index (κ3) is 4.69. The van der Waals surface area contributed by atoms with Gasteiger partial charge < -0.3 is 24.3 Å².